The number of nitrogens with zero attached hydrogens (tertiary/aromatic N) is 5. The van der Waals surface area contributed by atoms with E-state index in [-0.39, 0.29) is 11.9 Å². The maximum absolute atomic E-state index is 13.0. The smallest absolute Gasteiger partial charge is 0.268 e. The summed E-state index contributed by atoms with van der Waals surface area (Å²) >= 11 is 0. The molecule has 0 radical (unpaired) electrons. The van der Waals surface area contributed by atoms with E-state index in [9.17, 15) is 31.1 Å². The van der Waals surface area contributed by atoms with Gasteiger partial charge in [-0.25, -0.2) is 19.3 Å². The SMILES string of the molecule is O=C(/C=C\n1cnc(-c2cc(C(F)(F)F)cc(C(F)(F)F)c2)n1)Nn1ccc2cccnc21. The highest BCUT2D eigenvalue weighted by atomic mass is 19.4. The average molecular weight is 466 g/mol. The van der Waals surface area contributed by atoms with Gasteiger partial charge in [0.1, 0.15) is 6.33 Å². The van der Waals surface area contributed by atoms with Gasteiger partial charge in [0.2, 0.25) is 0 Å². The van der Waals surface area contributed by atoms with Crippen LogP contribution in [-0.2, 0) is 17.1 Å². The van der Waals surface area contributed by atoms with E-state index in [1.54, 1.807) is 30.6 Å². The van der Waals surface area contributed by atoms with Crippen molar-refractivity contribution in [1.29, 1.82) is 0 Å². The second kappa shape index (κ2) is 8.07. The van der Waals surface area contributed by atoms with Crippen molar-refractivity contribution in [2.45, 2.75) is 12.4 Å². The number of hydrogen-bond acceptors (Lipinski definition) is 4. The molecule has 3 aromatic heterocycles. The van der Waals surface area contributed by atoms with E-state index in [1.807, 2.05) is 0 Å². The van der Waals surface area contributed by atoms with E-state index in [4.69, 9.17) is 0 Å². The quantitative estimate of drug-likeness (QED) is 0.353. The average Bonchev–Trinajstić information content (AvgIpc) is 3.38. The molecule has 7 nitrogen and oxygen atoms in total. The van der Waals surface area contributed by atoms with Gasteiger partial charge in [-0.3, -0.25) is 10.2 Å². The van der Waals surface area contributed by atoms with Crippen LogP contribution in [0.1, 0.15) is 11.1 Å². The number of rotatable bonds is 4. The van der Waals surface area contributed by atoms with Crippen LogP contribution in [0.25, 0.3) is 28.6 Å². The van der Waals surface area contributed by atoms with Crippen LogP contribution >= 0.6 is 0 Å². The molecule has 0 atom stereocenters. The molecule has 0 aliphatic rings. The summed E-state index contributed by atoms with van der Waals surface area (Å²) in [6.45, 7) is 0. The largest absolute Gasteiger partial charge is 0.416 e. The molecular weight excluding hydrogens is 454 g/mol. The van der Waals surface area contributed by atoms with Gasteiger partial charge in [-0.2, -0.15) is 26.3 Å². The zero-order chi connectivity index (χ0) is 23.8. The molecule has 170 valence electrons. The lowest BCUT2D eigenvalue weighted by Crippen LogP contribution is -2.20. The van der Waals surface area contributed by atoms with Crippen LogP contribution in [0.3, 0.4) is 0 Å². The van der Waals surface area contributed by atoms with E-state index >= 15 is 0 Å². The number of benzene rings is 1. The number of amides is 1. The van der Waals surface area contributed by atoms with E-state index < -0.39 is 35.0 Å². The van der Waals surface area contributed by atoms with Crippen LogP contribution in [0.5, 0.6) is 0 Å². The first kappa shape index (κ1) is 22.0. The Hall–Kier alpha value is -4.16. The van der Waals surface area contributed by atoms with Gasteiger partial charge in [-0.15, -0.1) is 5.10 Å². The Morgan fingerprint density at radius 1 is 0.970 bits per heavy atom. The molecule has 4 aromatic rings. The molecule has 0 saturated heterocycles. The Morgan fingerprint density at radius 3 is 2.33 bits per heavy atom. The molecule has 0 aliphatic heterocycles. The van der Waals surface area contributed by atoms with Gasteiger partial charge in [0, 0.05) is 35.6 Å². The highest BCUT2D eigenvalue weighted by Gasteiger charge is 2.37. The van der Waals surface area contributed by atoms with Crippen molar-refractivity contribution in [2.24, 2.45) is 0 Å². The van der Waals surface area contributed by atoms with Crippen LogP contribution in [0.2, 0.25) is 0 Å². The fourth-order valence-electron chi connectivity index (χ4n) is 2.92. The lowest BCUT2D eigenvalue weighted by Gasteiger charge is -2.13. The molecule has 33 heavy (non-hydrogen) atoms. The van der Waals surface area contributed by atoms with Gasteiger partial charge >= 0.3 is 12.4 Å². The minimum Gasteiger partial charge on any atom is -0.268 e. The highest BCUT2D eigenvalue weighted by molar-refractivity contribution is 5.97. The summed E-state index contributed by atoms with van der Waals surface area (Å²) in [5.41, 5.74) is -0.389. The molecular formula is C20H12F6N6O. The number of aromatic nitrogens is 5. The molecule has 13 heteroatoms. The first-order chi connectivity index (χ1) is 15.5. The Kier molecular flexibility index (Phi) is 5.39. The van der Waals surface area contributed by atoms with Crippen molar-refractivity contribution in [3.8, 4) is 11.4 Å². The van der Waals surface area contributed by atoms with Gasteiger partial charge in [-0.05, 0) is 36.4 Å². The summed E-state index contributed by atoms with van der Waals surface area (Å²) in [6, 6.07) is 6.34. The molecule has 1 N–H and O–H groups in total. The summed E-state index contributed by atoms with van der Waals surface area (Å²) in [5, 5.41) is 4.62. The van der Waals surface area contributed by atoms with Crippen molar-refractivity contribution in [1.82, 2.24) is 24.4 Å². The molecule has 3 heterocycles. The van der Waals surface area contributed by atoms with Gasteiger partial charge in [-0.1, -0.05) is 0 Å². The van der Waals surface area contributed by atoms with Gasteiger partial charge < -0.3 is 0 Å². The van der Waals surface area contributed by atoms with Crippen LogP contribution in [0, 0.1) is 0 Å². The van der Waals surface area contributed by atoms with Crippen LogP contribution in [-0.4, -0.2) is 30.3 Å². The molecule has 0 fully saturated rings. The zero-order valence-electron chi connectivity index (χ0n) is 16.3. The summed E-state index contributed by atoms with van der Waals surface area (Å²) in [7, 11) is 0. The lowest BCUT2D eigenvalue weighted by atomic mass is 10.0. The fraction of sp³-hybridized carbons (Fsp3) is 0.100. The second-order valence-electron chi connectivity index (χ2n) is 6.74. The number of carbonyl (C=O) groups is 1. The van der Waals surface area contributed by atoms with E-state index in [1.165, 1.54) is 4.68 Å². The normalized spacial score (nSPS) is 12.5. The number of pyridine rings is 1. The lowest BCUT2D eigenvalue weighted by molar-refractivity contribution is -0.143. The second-order valence-corrected chi connectivity index (χ2v) is 6.74. The molecule has 0 bridgehead atoms. The summed E-state index contributed by atoms with van der Waals surface area (Å²) in [4.78, 5) is 20.0. The first-order valence-electron chi connectivity index (χ1n) is 9.13. The first-order valence-corrected chi connectivity index (χ1v) is 9.13. The van der Waals surface area contributed by atoms with Crippen LogP contribution < -0.4 is 5.43 Å². The number of hydrogen-bond donors (Lipinski definition) is 1. The molecule has 1 amide bonds. The van der Waals surface area contributed by atoms with Crippen molar-refractivity contribution >= 4 is 23.1 Å². The summed E-state index contributed by atoms with van der Waals surface area (Å²) in [5.74, 6) is -0.967. The number of halogens is 6. The fourth-order valence-corrected chi connectivity index (χ4v) is 2.92. The third kappa shape index (κ3) is 4.86. The topological polar surface area (TPSA) is 77.6 Å². The Morgan fingerprint density at radius 2 is 1.67 bits per heavy atom. The molecule has 0 unspecified atom stereocenters. The predicted molar refractivity (Wildman–Crippen MR) is 105 cm³/mol. The van der Waals surface area contributed by atoms with Gasteiger partial charge in [0.15, 0.2) is 11.5 Å². The maximum Gasteiger partial charge on any atom is 0.416 e. The molecule has 0 saturated carbocycles. The number of nitrogens with one attached hydrogen (secondary N) is 1. The monoisotopic (exact) mass is 466 g/mol. The summed E-state index contributed by atoms with van der Waals surface area (Å²) < 4.78 is 80.6. The van der Waals surface area contributed by atoms with Crippen molar-refractivity contribution in [3.63, 3.8) is 0 Å². The maximum atomic E-state index is 13.0. The summed E-state index contributed by atoms with van der Waals surface area (Å²) in [6.07, 6.45) is -3.61. The Balaban J connectivity index is 1.55. The third-order valence-corrected chi connectivity index (χ3v) is 4.41. The van der Waals surface area contributed by atoms with Gasteiger partial charge in [0.25, 0.3) is 5.91 Å². The minimum absolute atomic E-state index is 0.0184. The van der Waals surface area contributed by atoms with Crippen molar-refractivity contribution in [3.05, 3.63) is 72.3 Å². The van der Waals surface area contributed by atoms with E-state index in [0.717, 1.165) is 28.7 Å². The van der Waals surface area contributed by atoms with E-state index in [0.29, 0.717) is 17.8 Å². The predicted octanol–water partition coefficient (Wildman–Crippen LogP) is 4.57. The van der Waals surface area contributed by atoms with Crippen LogP contribution in [0.15, 0.2) is 61.2 Å². The molecule has 4 rings (SSSR count). The molecule has 1 aromatic carbocycles. The standard InChI is InChI=1S/C20H12F6N6O/c21-19(22,23)14-8-13(9-15(10-14)20(24,25)26)17-28-11-31(30-17)6-4-16(33)29-32-7-3-12-2-1-5-27-18(12)32/h1-11H,(H,29,33)/b6-4-. The van der Waals surface area contributed by atoms with Crippen LogP contribution in [0.4, 0.5) is 26.3 Å². The minimum atomic E-state index is -4.99. The van der Waals surface area contributed by atoms with Crippen molar-refractivity contribution in [2.75, 3.05) is 5.43 Å². The molecule has 0 aliphatic carbocycles. The molecule has 0 spiro atoms. The Labute approximate surface area is 181 Å². The number of fused-ring (bicyclic) bond motifs is 1. The van der Waals surface area contributed by atoms with Crippen molar-refractivity contribution < 1.29 is 31.1 Å². The number of carbonyl (C=O) groups excluding carboxylic acids is 1. The third-order valence-electron chi connectivity index (χ3n) is 4.41. The Bertz CT molecular complexity index is 1320. The number of alkyl halides is 6. The van der Waals surface area contributed by atoms with Gasteiger partial charge in [0.05, 0.1) is 11.1 Å². The highest BCUT2D eigenvalue weighted by Crippen LogP contribution is 2.38. The zero-order valence-corrected chi connectivity index (χ0v) is 16.3. The van der Waals surface area contributed by atoms with E-state index in [2.05, 4.69) is 20.5 Å².